The number of nitrogens with zero attached hydrogens (tertiary/aromatic N) is 2. The minimum absolute atomic E-state index is 0.00454. The molecule has 1 aromatic rings. The monoisotopic (exact) mass is 225 g/mol. The number of ketones is 1. The standard InChI is InChI=1S/C11H19N3O2/c1-5-12-6-9(15)11-10(16-4)7-13-14(11)8(2)3/h7-8,12H,5-6H2,1-4H3. The summed E-state index contributed by atoms with van der Waals surface area (Å²) in [5.41, 5.74) is 0.540. The Balaban J connectivity index is 2.98. The van der Waals surface area contributed by atoms with Crippen LogP contribution in [0.2, 0.25) is 0 Å². The van der Waals surface area contributed by atoms with Gasteiger partial charge in [-0.15, -0.1) is 0 Å². The molecular formula is C11H19N3O2. The summed E-state index contributed by atoms with van der Waals surface area (Å²) in [6, 6.07) is 0.143. The molecule has 0 atom stereocenters. The molecule has 1 rings (SSSR count). The third kappa shape index (κ3) is 2.61. The summed E-state index contributed by atoms with van der Waals surface area (Å²) in [5, 5.41) is 7.17. The molecule has 5 heteroatoms. The number of Topliss-reactive ketones (excluding diaryl/α,β-unsaturated/α-hetero) is 1. The fourth-order valence-electron chi connectivity index (χ4n) is 1.47. The molecule has 1 heterocycles. The highest BCUT2D eigenvalue weighted by Crippen LogP contribution is 2.21. The molecule has 0 fully saturated rings. The smallest absolute Gasteiger partial charge is 0.198 e. The Morgan fingerprint density at radius 1 is 1.62 bits per heavy atom. The molecule has 0 unspecified atom stereocenters. The highest BCUT2D eigenvalue weighted by Gasteiger charge is 2.20. The number of likely N-dealkylation sites (N-methyl/N-ethyl adjacent to an activating group) is 1. The Kier molecular flexibility index (Phi) is 4.49. The fraction of sp³-hybridized carbons (Fsp3) is 0.636. The van der Waals surface area contributed by atoms with Crippen molar-refractivity contribution in [2.24, 2.45) is 0 Å². The molecule has 0 aliphatic rings. The van der Waals surface area contributed by atoms with Crippen molar-refractivity contribution in [2.45, 2.75) is 26.8 Å². The van der Waals surface area contributed by atoms with Gasteiger partial charge in [0.2, 0.25) is 0 Å². The van der Waals surface area contributed by atoms with Gasteiger partial charge in [-0.2, -0.15) is 5.10 Å². The van der Waals surface area contributed by atoms with E-state index in [1.807, 2.05) is 20.8 Å². The Morgan fingerprint density at radius 3 is 2.81 bits per heavy atom. The lowest BCUT2D eigenvalue weighted by Crippen LogP contribution is -2.25. The van der Waals surface area contributed by atoms with Crippen molar-refractivity contribution in [1.29, 1.82) is 0 Å². The van der Waals surface area contributed by atoms with E-state index in [1.54, 1.807) is 18.0 Å². The van der Waals surface area contributed by atoms with Crippen molar-refractivity contribution in [1.82, 2.24) is 15.1 Å². The molecule has 0 aromatic carbocycles. The zero-order chi connectivity index (χ0) is 12.1. The maximum absolute atomic E-state index is 12.0. The second-order valence-electron chi connectivity index (χ2n) is 3.80. The molecule has 1 N–H and O–H groups in total. The van der Waals surface area contributed by atoms with Crippen molar-refractivity contribution in [3.63, 3.8) is 0 Å². The second kappa shape index (κ2) is 5.65. The number of methoxy groups -OCH3 is 1. The normalized spacial score (nSPS) is 10.8. The van der Waals surface area contributed by atoms with Crippen molar-refractivity contribution in [3.05, 3.63) is 11.9 Å². The number of rotatable bonds is 6. The van der Waals surface area contributed by atoms with Gasteiger partial charge in [0.25, 0.3) is 0 Å². The summed E-state index contributed by atoms with van der Waals surface area (Å²) >= 11 is 0. The maximum atomic E-state index is 12.0. The van der Waals surface area contributed by atoms with E-state index in [4.69, 9.17) is 4.74 Å². The largest absolute Gasteiger partial charge is 0.493 e. The van der Waals surface area contributed by atoms with Gasteiger partial charge in [-0.05, 0) is 20.4 Å². The maximum Gasteiger partial charge on any atom is 0.198 e. The van der Waals surface area contributed by atoms with Crippen LogP contribution in [0, 0.1) is 0 Å². The molecule has 0 aliphatic carbocycles. The summed E-state index contributed by atoms with van der Waals surface area (Å²) in [5.74, 6) is 0.543. The first kappa shape index (κ1) is 12.7. The third-order valence-corrected chi connectivity index (χ3v) is 2.27. The van der Waals surface area contributed by atoms with Crippen LogP contribution in [0.4, 0.5) is 0 Å². The minimum atomic E-state index is 0.00454. The number of aromatic nitrogens is 2. The van der Waals surface area contributed by atoms with Crippen LogP contribution in [0.25, 0.3) is 0 Å². The highest BCUT2D eigenvalue weighted by molar-refractivity contribution is 5.98. The van der Waals surface area contributed by atoms with E-state index < -0.39 is 0 Å². The van der Waals surface area contributed by atoms with Gasteiger partial charge in [0.1, 0.15) is 5.69 Å². The number of carbonyl (C=O) groups is 1. The van der Waals surface area contributed by atoms with Crippen LogP contribution < -0.4 is 10.1 Å². The average Bonchev–Trinajstić information content (AvgIpc) is 2.69. The quantitative estimate of drug-likeness (QED) is 0.741. The first-order chi connectivity index (χ1) is 7.61. The molecule has 90 valence electrons. The molecule has 0 radical (unpaired) electrons. The van der Waals surface area contributed by atoms with Gasteiger partial charge in [0.05, 0.1) is 19.9 Å². The van der Waals surface area contributed by atoms with Crippen molar-refractivity contribution in [2.75, 3.05) is 20.2 Å². The number of nitrogens with one attached hydrogen (secondary N) is 1. The molecule has 0 saturated carbocycles. The Morgan fingerprint density at radius 2 is 2.31 bits per heavy atom. The van der Waals surface area contributed by atoms with Gasteiger partial charge in [0, 0.05) is 6.04 Å². The first-order valence-corrected chi connectivity index (χ1v) is 5.47. The first-order valence-electron chi connectivity index (χ1n) is 5.47. The Labute approximate surface area is 95.8 Å². The predicted octanol–water partition coefficient (Wildman–Crippen LogP) is 1.26. The lowest BCUT2D eigenvalue weighted by atomic mass is 10.2. The second-order valence-corrected chi connectivity index (χ2v) is 3.80. The van der Waals surface area contributed by atoms with E-state index in [1.165, 1.54) is 0 Å². The van der Waals surface area contributed by atoms with Gasteiger partial charge in [0.15, 0.2) is 11.5 Å². The number of hydrogen-bond acceptors (Lipinski definition) is 4. The molecule has 0 saturated heterocycles. The molecule has 0 amide bonds. The molecule has 0 spiro atoms. The van der Waals surface area contributed by atoms with Crippen LogP contribution in [0.15, 0.2) is 6.20 Å². The average molecular weight is 225 g/mol. The van der Waals surface area contributed by atoms with Crippen LogP contribution in [-0.2, 0) is 0 Å². The summed E-state index contributed by atoms with van der Waals surface area (Å²) < 4.78 is 6.84. The van der Waals surface area contributed by atoms with Gasteiger partial charge < -0.3 is 10.1 Å². The SMILES string of the molecule is CCNCC(=O)c1c(OC)cnn1C(C)C. The van der Waals surface area contributed by atoms with Gasteiger partial charge in [-0.25, -0.2) is 0 Å². The van der Waals surface area contributed by atoms with Crippen LogP contribution in [0.5, 0.6) is 5.75 Å². The van der Waals surface area contributed by atoms with E-state index in [-0.39, 0.29) is 11.8 Å². The highest BCUT2D eigenvalue weighted by atomic mass is 16.5. The molecule has 0 bridgehead atoms. The van der Waals surface area contributed by atoms with Crippen molar-refractivity contribution in [3.8, 4) is 5.75 Å². The summed E-state index contributed by atoms with van der Waals surface area (Å²) in [7, 11) is 1.55. The fourth-order valence-corrected chi connectivity index (χ4v) is 1.47. The summed E-state index contributed by atoms with van der Waals surface area (Å²) in [4.78, 5) is 12.0. The third-order valence-electron chi connectivity index (χ3n) is 2.27. The number of carbonyl (C=O) groups excluding carboxylic acids is 1. The predicted molar refractivity (Wildman–Crippen MR) is 62.0 cm³/mol. The number of ether oxygens (including phenoxy) is 1. The summed E-state index contributed by atoms with van der Waals surface area (Å²) in [6.45, 7) is 7.01. The summed E-state index contributed by atoms with van der Waals surface area (Å²) in [6.07, 6.45) is 1.58. The van der Waals surface area contributed by atoms with E-state index in [0.29, 0.717) is 18.0 Å². The Bertz CT molecular complexity index is 358. The van der Waals surface area contributed by atoms with Gasteiger partial charge >= 0.3 is 0 Å². The Hall–Kier alpha value is -1.36. The lowest BCUT2D eigenvalue weighted by molar-refractivity contribution is 0.0976. The topological polar surface area (TPSA) is 56.1 Å². The molecule has 16 heavy (non-hydrogen) atoms. The molecular weight excluding hydrogens is 206 g/mol. The van der Waals surface area contributed by atoms with Crippen molar-refractivity contribution < 1.29 is 9.53 Å². The zero-order valence-electron chi connectivity index (χ0n) is 10.3. The molecule has 1 aromatic heterocycles. The van der Waals surface area contributed by atoms with E-state index >= 15 is 0 Å². The van der Waals surface area contributed by atoms with Crippen LogP contribution in [0.3, 0.4) is 0 Å². The minimum Gasteiger partial charge on any atom is -0.493 e. The zero-order valence-corrected chi connectivity index (χ0v) is 10.3. The molecule has 5 nitrogen and oxygen atoms in total. The van der Waals surface area contributed by atoms with Crippen molar-refractivity contribution >= 4 is 5.78 Å². The van der Waals surface area contributed by atoms with E-state index in [0.717, 1.165) is 6.54 Å². The van der Waals surface area contributed by atoms with Crippen LogP contribution in [-0.4, -0.2) is 35.8 Å². The van der Waals surface area contributed by atoms with E-state index in [9.17, 15) is 4.79 Å². The van der Waals surface area contributed by atoms with Gasteiger partial charge in [-0.3, -0.25) is 9.48 Å². The lowest BCUT2D eigenvalue weighted by Gasteiger charge is -2.11. The molecule has 0 aliphatic heterocycles. The van der Waals surface area contributed by atoms with Crippen LogP contribution in [0.1, 0.15) is 37.3 Å². The van der Waals surface area contributed by atoms with Gasteiger partial charge in [-0.1, -0.05) is 6.92 Å². The van der Waals surface area contributed by atoms with Crippen LogP contribution >= 0.6 is 0 Å². The van der Waals surface area contributed by atoms with E-state index in [2.05, 4.69) is 10.4 Å². The number of hydrogen-bond donors (Lipinski definition) is 1.